The molecule has 35 heavy (non-hydrogen) atoms. The highest BCUT2D eigenvalue weighted by Crippen LogP contribution is 2.48. The van der Waals surface area contributed by atoms with Gasteiger partial charge in [-0.05, 0) is 74.2 Å². The second-order valence-corrected chi connectivity index (χ2v) is 9.50. The minimum absolute atomic E-state index is 0.0817. The zero-order valence-electron chi connectivity index (χ0n) is 19.0. The Morgan fingerprint density at radius 1 is 0.914 bits per heavy atom. The molecule has 3 nitrogen and oxygen atoms in total. The molecular weight excluding hydrogens is 472 g/mol. The van der Waals surface area contributed by atoms with E-state index in [0.717, 1.165) is 68.2 Å². The van der Waals surface area contributed by atoms with Crippen molar-refractivity contribution in [1.29, 1.82) is 0 Å². The largest absolute Gasteiger partial charge is 0.493 e. The summed E-state index contributed by atoms with van der Waals surface area (Å²) in [4.78, 5) is 14.4. The minimum atomic E-state index is -4.41. The van der Waals surface area contributed by atoms with Gasteiger partial charge in [-0.3, -0.25) is 4.90 Å². The number of carbonyl (C=O) groups is 1. The molecule has 2 aromatic rings. The average molecular weight is 499 g/mol. The summed E-state index contributed by atoms with van der Waals surface area (Å²) in [6.45, 7) is 1.58. The fourth-order valence-corrected chi connectivity index (χ4v) is 5.31. The Labute approximate surface area is 200 Å². The predicted octanol–water partition coefficient (Wildman–Crippen LogP) is 6.50. The van der Waals surface area contributed by atoms with E-state index in [1.54, 1.807) is 0 Å². The van der Waals surface area contributed by atoms with Gasteiger partial charge in [0.25, 0.3) is 0 Å². The molecule has 0 aromatic heterocycles. The number of likely N-dealkylation sites (tertiary alicyclic amines) is 1. The van der Waals surface area contributed by atoms with Gasteiger partial charge in [0.05, 0.1) is 23.8 Å². The minimum Gasteiger partial charge on any atom is -0.493 e. The number of rotatable bonds is 7. The van der Waals surface area contributed by atoms with Crippen molar-refractivity contribution in [1.82, 2.24) is 4.90 Å². The number of carbonyl (C=O) groups excluding carboxylic acids is 1. The van der Waals surface area contributed by atoms with Crippen molar-refractivity contribution in [2.24, 2.45) is 5.92 Å². The van der Waals surface area contributed by atoms with Crippen LogP contribution in [-0.2, 0) is 22.6 Å². The number of halogens is 6. The second-order valence-electron chi connectivity index (χ2n) is 9.50. The van der Waals surface area contributed by atoms with Crippen LogP contribution in [0.4, 0.5) is 26.3 Å². The molecule has 0 spiro atoms. The molecule has 0 N–H and O–H groups in total. The van der Waals surface area contributed by atoms with E-state index in [9.17, 15) is 31.1 Å². The third-order valence-corrected chi connectivity index (χ3v) is 7.34. The first-order valence-corrected chi connectivity index (χ1v) is 11.7. The lowest BCUT2D eigenvalue weighted by Crippen LogP contribution is -2.58. The molecule has 9 heteroatoms. The van der Waals surface area contributed by atoms with Crippen molar-refractivity contribution in [3.8, 4) is 5.75 Å². The molecule has 2 aromatic carbocycles. The summed E-state index contributed by atoms with van der Waals surface area (Å²) in [5.74, 6) is 0.431. The van der Waals surface area contributed by atoms with Crippen molar-refractivity contribution < 1.29 is 35.9 Å². The van der Waals surface area contributed by atoms with E-state index in [4.69, 9.17) is 4.74 Å². The van der Waals surface area contributed by atoms with Crippen molar-refractivity contribution in [3.63, 3.8) is 0 Å². The van der Waals surface area contributed by atoms with Crippen LogP contribution in [0.5, 0.6) is 5.75 Å². The lowest BCUT2D eigenvalue weighted by atomic mass is 9.59. The highest BCUT2D eigenvalue weighted by Gasteiger charge is 2.48. The highest BCUT2D eigenvalue weighted by molar-refractivity contribution is 5.63. The third-order valence-electron chi connectivity index (χ3n) is 7.34. The van der Waals surface area contributed by atoms with Crippen LogP contribution in [0.2, 0.25) is 0 Å². The summed E-state index contributed by atoms with van der Waals surface area (Å²) in [6, 6.07) is 9.24. The molecule has 4 rings (SSSR count). The summed E-state index contributed by atoms with van der Waals surface area (Å²) >= 11 is 0. The first-order valence-electron chi connectivity index (χ1n) is 11.7. The van der Waals surface area contributed by atoms with Gasteiger partial charge >= 0.3 is 12.4 Å². The van der Waals surface area contributed by atoms with Crippen LogP contribution in [0.15, 0.2) is 48.5 Å². The van der Waals surface area contributed by atoms with Crippen LogP contribution >= 0.6 is 0 Å². The molecule has 0 bridgehead atoms. The molecule has 1 saturated heterocycles. The Morgan fingerprint density at radius 3 is 1.97 bits per heavy atom. The fourth-order valence-electron chi connectivity index (χ4n) is 5.31. The topological polar surface area (TPSA) is 29.5 Å². The lowest BCUT2D eigenvalue weighted by Gasteiger charge is -2.51. The summed E-state index contributed by atoms with van der Waals surface area (Å²) in [7, 11) is 0. The molecule has 1 aliphatic heterocycles. The van der Waals surface area contributed by atoms with E-state index >= 15 is 0 Å². The second kappa shape index (κ2) is 9.84. The van der Waals surface area contributed by atoms with Gasteiger partial charge in [-0.1, -0.05) is 18.6 Å². The molecule has 0 amide bonds. The van der Waals surface area contributed by atoms with Crippen molar-refractivity contribution >= 4 is 6.29 Å². The average Bonchev–Trinajstić information content (AvgIpc) is 2.79. The SMILES string of the molecule is O=CC(N1CCCC(COc2ccc(C(F)(F)F)cc2)C1)C1(c2ccc(C(F)(F)F)cc2)CCC1. The molecule has 1 aliphatic carbocycles. The van der Waals surface area contributed by atoms with Crippen molar-refractivity contribution in [2.45, 2.75) is 55.9 Å². The summed E-state index contributed by atoms with van der Waals surface area (Å²) in [5, 5.41) is 0. The zero-order chi connectivity index (χ0) is 25.3. The maximum atomic E-state index is 13.0. The van der Waals surface area contributed by atoms with Gasteiger partial charge < -0.3 is 9.53 Å². The maximum absolute atomic E-state index is 13.0. The van der Waals surface area contributed by atoms with E-state index in [0.29, 0.717) is 25.4 Å². The molecule has 2 aliphatic rings. The number of ether oxygens (including phenoxy) is 1. The van der Waals surface area contributed by atoms with Crippen molar-refractivity contribution in [2.75, 3.05) is 19.7 Å². The summed E-state index contributed by atoms with van der Waals surface area (Å²) in [5.41, 5.74) is -1.22. The van der Waals surface area contributed by atoms with Gasteiger partial charge in [-0.15, -0.1) is 0 Å². The molecule has 2 unspecified atom stereocenters. The van der Waals surface area contributed by atoms with Gasteiger partial charge in [0.1, 0.15) is 12.0 Å². The van der Waals surface area contributed by atoms with Gasteiger partial charge in [0, 0.05) is 17.9 Å². The molecule has 190 valence electrons. The van der Waals surface area contributed by atoms with Gasteiger partial charge in [-0.2, -0.15) is 26.3 Å². The van der Waals surface area contributed by atoms with Crippen LogP contribution in [0.25, 0.3) is 0 Å². The number of nitrogens with zero attached hydrogens (tertiary/aromatic N) is 1. The van der Waals surface area contributed by atoms with Gasteiger partial charge in [-0.25, -0.2) is 0 Å². The molecule has 1 saturated carbocycles. The smallest absolute Gasteiger partial charge is 0.416 e. The van der Waals surface area contributed by atoms with Crippen LogP contribution in [-0.4, -0.2) is 36.9 Å². The van der Waals surface area contributed by atoms with E-state index in [2.05, 4.69) is 4.90 Å². The predicted molar refractivity (Wildman–Crippen MR) is 118 cm³/mol. The number of piperidine rings is 1. The Bertz CT molecular complexity index is 996. The zero-order valence-corrected chi connectivity index (χ0v) is 19.0. The molecule has 2 fully saturated rings. The summed E-state index contributed by atoms with van der Waals surface area (Å²) < 4.78 is 83.0. The number of hydrogen-bond donors (Lipinski definition) is 0. The van der Waals surface area contributed by atoms with Crippen LogP contribution in [0.1, 0.15) is 48.8 Å². The third kappa shape index (κ3) is 5.50. The van der Waals surface area contributed by atoms with Crippen molar-refractivity contribution in [3.05, 3.63) is 65.2 Å². The van der Waals surface area contributed by atoms with Gasteiger partial charge in [0.15, 0.2) is 0 Å². The lowest BCUT2D eigenvalue weighted by molar-refractivity contribution is -0.138. The van der Waals surface area contributed by atoms with E-state index in [-0.39, 0.29) is 5.92 Å². The number of aldehydes is 1. The Hall–Kier alpha value is -2.55. The number of hydrogen-bond acceptors (Lipinski definition) is 3. The quantitative estimate of drug-likeness (QED) is 0.322. The van der Waals surface area contributed by atoms with Crippen LogP contribution < -0.4 is 4.74 Å². The van der Waals surface area contributed by atoms with E-state index < -0.39 is 34.9 Å². The first-order chi connectivity index (χ1) is 16.5. The molecule has 0 radical (unpaired) electrons. The number of alkyl halides is 6. The van der Waals surface area contributed by atoms with Crippen LogP contribution in [0, 0.1) is 5.92 Å². The first kappa shape index (κ1) is 25.5. The van der Waals surface area contributed by atoms with Gasteiger partial charge in [0.2, 0.25) is 0 Å². The normalized spacial score (nSPS) is 21.7. The standard InChI is InChI=1S/C26H27F6NO2/c27-25(28,29)20-6-4-19(5-7-20)24(12-2-13-24)23(16-34)33-14-1-3-18(15-33)17-35-22-10-8-21(9-11-22)26(30,31)32/h4-11,16,18,23H,1-3,12-15,17H2. The monoisotopic (exact) mass is 499 g/mol. The molecular formula is C26H27F6NO2. The summed E-state index contributed by atoms with van der Waals surface area (Å²) in [6.07, 6.45) is -3.87. The van der Waals surface area contributed by atoms with E-state index in [1.807, 2.05) is 0 Å². The Balaban J connectivity index is 1.43. The van der Waals surface area contributed by atoms with E-state index in [1.165, 1.54) is 24.3 Å². The Morgan fingerprint density at radius 2 is 1.49 bits per heavy atom. The molecule has 2 atom stereocenters. The Kier molecular flexibility index (Phi) is 7.18. The molecule has 1 heterocycles. The maximum Gasteiger partial charge on any atom is 0.416 e. The number of benzene rings is 2. The fraction of sp³-hybridized carbons (Fsp3) is 0.500. The highest BCUT2D eigenvalue weighted by atomic mass is 19.4. The van der Waals surface area contributed by atoms with Crippen LogP contribution in [0.3, 0.4) is 0 Å².